The van der Waals surface area contributed by atoms with Gasteiger partial charge in [-0.25, -0.2) is 0 Å². The van der Waals surface area contributed by atoms with Crippen molar-refractivity contribution in [1.29, 1.82) is 0 Å². The second kappa shape index (κ2) is 5.90. The molecule has 1 unspecified atom stereocenters. The van der Waals surface area contributed by atoms with Crippen LogP contribution in [0.5, 0.6) is 0 Å². The molecule has 0 amide bonds. The van der Waals surface area contributed by atoms with Crippen molar-refractivity contribution in [3.8, 4) is 0 Å². The molecule has 16 heavy (non-hydrogen) atoms. The van der Waals surface area contributed by atoms with Crippen LogP contribution in [0.3, 0.4) is 0 Å². The Morgan fingerprint density at radius 3 is 3.12 bits per heavy atom. The van der Waals surface area contributed by atoms with Crippen molar-refractivity contribution in [3.63, 3.8) is 0 Å². The average molecular weight is 218 g/mol. The summed E-state index contributed by atoms with van der Waals surface area (Å²) < 4.78 is 0. The molecule has 88 valence electrons. The van der Waals surface area contributed by atoms with Gasteiger partial charge in [-0.05, 0) is 56.5 Å². The van der Waals surface area contributed by atoms with Gasteiger partial charge in [-0.1, -0.05) is 19.1 Å². The highest BCUT2D eigenvalue weighted by Crippen LogP contribution is 2.16. The van der Waals surface area contributed by atoms with Gasteiger partial charge in [0.15, 0.2) is 0 Å². The predicted molar refractivity (Wildman–Crippen MR) is 70.0 cm³/mol. The fraction of sp³-hybridized carbons (Fsp3) is 0.571. The van der Waals surface area contributed by atoms with Crippen molar-refractivity contribution in [3.05, 3.63) is 29.8 Å². The van der Waals surface area contributed by atoms with Gasteiger partial charge in [0.05, 0.1) is 0 Å². The average Bonchev–Trinajstić information content (AvgIpc) is 2.58. The van der Waals surface area contributed by atoms with Crippen molar-refractivity contribution in [2.45, 2.75) is 38.6 Å². The van der Waals surface area contributed by atoms with Gasteiger partial charge in [0.25, 0.3) is 0 Å². The third-order valence-electron chi connectivity index (χ3n) is 3.28. The fourth-order valence-electron chi connectivity index (χ4n) is 2.28. The van der Waals surface area contributed by atoms with Crippen molar-refractivity contribution >= 4 is 5.69 Å². The van der Waals surface area contributed by atoms with E-state index in [9.17, 15) is 0 Å². The predicted octanol–water partition coefficient (Wildman–Crippen LogP) is 2.80. The monoisotopic (exact) mass is 218 g/mol. The van der Waals surface area contributed by atoms with Crippen LogP contribution in [0.1, 0.15) is 31.7 Å². The first-order chi connectivity index (χ1) is 7.88. The Kier molecular flexibility index (Phi) is 4.23. The number of rotatable bonds is 3. The lowest BCUT2D eigenvalue weighted by atomic mass is 10.1. The third-order valence-corrected chi connectivity index (χ3v) is 3.28. The minimum absolute atomic E-state index is 0.641. The van der Waals surface area contributed by atoms with Crippen LogP contribution >= 0.6 is 0 Å². The number of anilines is 1. The zero-order valence-corrected chi connectivity index (χ0v) is 10.1. The van der Waals surface area contributed by atoms with E-state index in [1.165, 1.54) is 37.1 Å². The smallest absolute Gasteiger partial charge is 0.0345 e. The minimum Gasteiger partial charge on any atom is -0.382 e. The number of benzene rings is 1. The lowest BCUT2D eigenvalue weighted by Crippen LogP contribution is -2.21. The van der Waals surface area contributed by atoms with E-state index in [1.807, 2.05) is 0 Å². The Labute approximate surface area is 98.4 Å². The molecule has 2 nitrogen and oxygen atoms in total. The maximum atomic E-state index is 3.66. The molecule has 1 aliphatic heterocycles. The van der Waals surface area contributed by atoms with E-state index in [0.29, 0.717) is 6.04 Å². The zero-order valence-electron chi connectivity index (χ0n) is 10.1. The Balaban J connectivity index is 1.96. The molecule has 0 saturated carbocycles. The van der Waals surface area contributed by atoms with Crippen LogP contribution in [0.25, 0.3) is 0 Å². The van der Waals surface area contributed by atoms with E-state index in [-0.39, 0.29) is 0 Å². The second-order valence-corrected chi connectivity index (χ2v) is 4.58. The van der Waals surface area contributed by atoms with Crippen LogP contribution in [0.4, 0.5) is 5.69 Å². The fourth-order valence-corrected chi connectivity index (χ4v) is 2.28. The van der Waals surface area contributed by atoms with Gasteiger partial charge >= 0.3 is 0 Å². The van der Waals surface area contributed by atoms with E-state index in [4.69, 9.17) is 0 Å². The molecular weight excluding hydrogens is 196 g/mol. The third kappa shape index (κ3) is 3.24. The van der Waals surface area contributed by atoms with Crippen LogP contribution in [-0.2, 0) is 6.42 Å². The van der Waals surface area contributed by atoms with Gasteiger partial charge in [-0.3, -0.25) is 0 Å². The van der Waals surface area contributed by atoms with Crippen LogP contribution in [0.2, 0.25) is 0 Å². The van der Waals surface area contributed by atoms with Gasteiger partial charge in [-0.15, -0.1) is 0 Å². The molecule has 1 aliphatic rings. The standard InChI is InChI=1S/C14H22N2/c1-2-12-5-3-6-14(11-12)16-13-7-4-9-15-10-8-13/h3,5-6,11,13,15-16H,2,4,7-10H2,1H3. The van der Waals surface area contributed by atoms with Crippen molar-refractivity contribution in [1.82, 2.24) is 5.32 Å². The number of hydrogen-bond donors (Lipinski definition) is 2. The van der Waals surface area contributed by atoms with Crippen LogP contribution in [0.15, 0.2) is 24.3 Å². The van der Waals surface area contributed by atoms with Crippen molar-refractivity contribution in [2.24, 2.45) is 0 Å². The summed E-state index contributed by atoms with van der Waals surface area (Å²) in [7, 11) is 0. The molecule has 0 aromatic heterocycles. The van der Waals surface area contributed by atoms with Crippen LogP contribution < -0.4 is 10.6 Å². The summed E-state index contributed by atoms with van der Waals surface area (Å²) in [5.74, 6) is 0. The van der Waals surface area contributed by atoms with E-state index >= 15 is 0 Å². The second-order valence-electron chi connectivity index (χ2n) is 4.58. The van der Waals surface area contributed by atoms with Crippen molar-refractivity contribution in [2.75, 3.05) is 18.4 Å². The topological polar surface area (TPSA) is 24.1 Å². The molecule has 1 heterocycles. The Morgan fingerprint density at radius 2 is 2.25 bits per heavy atom. The molecular formula is C14H22N2. The molecule has 1 aromatic rings. The summed E-state index contributed by atoms with van der Waals surface area (Å²) in [6, 6.07) is 9.44. The Bertz CT molecular complexity index is 314. The highest BCUT2D eigenvalue weighted by molar-refractivity contribution is 5.46. The molecule has 0 bridgehead atoms. The molecule has 0 spiro atoms. The summed E-state index contributed by atoms with van der Waals surface area (Å²) in [5, 5.41) is 7.10. The highest BCUT2D eigenvalue weighted by atomic mass is 14.9. The molecule has 2 heteroatoms. The molecule has 1 aromatic carbocycles. The summed E-state index contributed by atoms with van der Waals surface area (Å²) in [6.45, 7) is 4.52. The van der Waals surface area contributed by atoms with Gasteiger partial charge in [0.1, 0.15) is 0 Å². The van der Waals surface area contributed by atoms with Gasteiger partial charge in [0.2, 0.25) is 0 Å². The van der Waals surface area contributed by atoms with Gasteiger partial charge < -0.3 is 10.6 Å². The van der Waals surface area contributed by atoms with Crippen LogP contribution in [0, 0.1) is 0 Å². The Hall–Kier alpha value is -1.02. The lowest BCUT2D eigenvalue weighted by Gasteiger charge is -2.17. The number of aryl methyl sites for hydroxylation is 1. The molecule has 1 saturated heterocycles. The van der Waals surface area contributed by atoms with E-state index < -0.39 is 0 Å². The summed E-state index contributed by atoms with van der Waals surface area (Å²) in [5.41, 5.74) is 2.70. The molecule has 1 fully saturated rings. The van der Waals surface area contributed by atoms with Crippen molar-refractivity contribution < 1.29 is 0 Å². The summed E-state index contributed by atoms with van der Waals surface area (Å²) in [4.78, 5) is 0. The highest BCUT2D eigenvalue weighted by Gasteiger charge is 2.11. The largest absolute Gasteiger partial charge is 0.382 e. The molecule has 2 rings (SSSR count). The Morgan fingerprint density at radius 1 is 1.31 bits per heavy atom. The number of hydrogen-bond acceptors (Lipinski definition) is 2. The molecule has 0 aliphatic carbocycles. The quantitative estimate of drug-likeness (QED) is 0.815. The zero-order chi connectivity index (χ0) is 11.2. The first kappa shape index (κ1) is 11.5. The maximum Gasteiger partial charge on any atom is 0.0345 e. The van der Waals surface area contributed by atoms with E-state index in [1.54, 1.807) is 0 Å². The normalized spacial score (nSPS) is 21.4. The van der Waals surface area contributed by atoms with E-state index in [2.05, 4.69) is 41.8 Å². The summed E-state index contributed by atoms with van der Waals surface area (Å²) in [6.07, 6.45) is 4.91. The summed E-state index contributed by atoms with van der Waals surface area (Å²) >= 11 is 0. The lowest BCUT2D eigenvalue weighted by molar-refractivity contribution is 0.637. The minimum atomic E-state index is 0.641. The van der Waals surface area contributed by atoms with Crippen LogP contribution in [-0.4, -0.2) is 19.1 Å². The molecule has 2 N–H and O–H groups in total. The first-order valence-electron chi connectivity index (χ1n) is 6.44. The van der Waals surface area contributed by atoms with Gasteiger partial charge in [-0.2, -0.15) is 0 Å². The number of nitrogens with one attached hydrogen (secondary N) is 2. The molecule has 1 atom stereocenters. The van der Waals surface area contributed by atoms with Gasteiger partial charge in [0, 0.05) is 11.7 Å². The van der Waals surface area contributed by atoms with E-state index in [0.717, 1.165) is 13.0 Å². The first-order valence-corrected chi connectivity index (χ1v) is 6.44. The molecule has 0 radical (unpaired) electrons. The maximum absolute atomic E-state index is 3.66. The SMILES string of the molecule is CCc1cccc(NC2CCCNCC2)c1.